The Morgan fingerprint density at radius 3 is 2.42 bits per heavy atom. The molecular formula is C33H40Cl3N3O. The quantitative estimate of drug-likeness (QED) is 0.203. The summed E-state index contributed by atoms with van der Waals surface area (Å²) in [7, 11) is 0. The van der Waals surface area contributed by atoms with E-state index in [0.717, 1.165) is 74.3 Å². The van der Waals surface area contributed by atoms with Crippen molar-refractivity contribution >= 4 is 47.4 Å². The minimum atomic E-state index is 0. The number of halogens is 3. The molecular weight excluding hydrogens is 561 g/mol. The first-order chi connectivity index (χ1) is 18.7. The highest BCUT2D eigenvalue weighted by molar-refractivity contribution is 6.31. The molecule has 7 heteroatoms. The highest BCUT2D eigenvalue weighted by Crippen LogP contribution is 2.30. The van der Waals surface area contributed by atoms with Gasteiger partial charge in [-0.25, -0.2) is 0 Å². The first-order valence-corrected chi connectivity index (χ1v) is 14.7. The Labute approximate surface area is 255 Å². The molecule has 0 saturated carbocycles. The van der Waals surface area contributed by atoms with Crippen LogP contribution in [0.1, 0.15) is 60.1 Å². The van der Waals surface area contributed by atoms with Crippen LogP contribution in [-0.2, 0) is 32.5 Å². The van der Waals surface area contributed by atoms with E-state index in [4.69, 9.17) is 16.1 Å². The van der Waals surface area contributed by atoms with Crippen molar-refractivity contribution < 1.29 is 4.52 Å². The molecule has 0 amide bonds. The van der Waals surface area contributed by atoms with Crippen molar-refractivity contribution in [2.45, 2.75) is 64.6 Å². The smallest absolute Gasteiger partial charge is 0.167 e. The SMILES string of the molecule is Cl.Cl.Clc1ccccc1CN1CCC(CCCc2noc3cc4c(cc23)CN(Cc2ccccc2)CCC4)CC1. The second-order valence-corrected chi connectivity index (χ2v) is 11.7. The molecule has 0 atom stereocenters. The van der Waals surface area contributed by atoms with E-state index in [-0.39, 0.29) is 24.8 Å². The molecule has 0 radical (unpaired) electrons. The van der Waals surface area contributed by atoms with E-state index in [2.05, 4.69) is 69.6 Å². The molecule has 3 aromatic carbocycles. The van der Waals surface area contributed by atoms with Gasteiger partial charge in [0.05, 0.1) is 5.69 Å². The fraction of sp³-hybridized carbons (Fsp3) is 0.424. The van der Waals surface area contributed by atoms with E-state index in [0.29, 0.717) is 0 Å². The van der Waals surface area contributed by atoms with Crippen molar-refractivity contribution in [3.63, 3.8) is 0 Å². The van der Waals surface area contributed by atoms with E-state index < -0.39 is 0 Å². The van der Waals surface area contributed by atoms with Gasteiger partial charge in [0.15, 0.2) is 5.58 Å². The third-order valence-electron chi connectivity index (χ3n) is 8.52. The average molecular weight is 601 g/mol. The van der Waals surface area contributed by atoms with Gasteiger partial charge in [-0.15, -0.1) is 24.8 Å². The Morgan fingerprint density at radius 1 is 0.850 bits per heavy atom. The van der Waals surface area contributed by atoms with Crippen molar-refractivity contribution in [2.75, 3.05) is 19.6 Å². The molecule has 4 nitrogen and oxygen atoms in total. The number of benzene rings is 3. The fourth-order valence-electron chi connectivity index (χ4n) is 6.33. The van der Waals surface area contributed by atoms with Gasteiger partial charge < -0.3 is 4.52 Å². The number of piperidine rings is 1. The number of rotatable bonds is 8. The number of hydrogen-bond acceptors (Lipinski definition) is 4. The van der Waals surface area contributed by atoms with Crippen LogP contribution in [0, 0.1) is 5.92 Å². The Hall–Kier alpha value is -2.08. The monoisotopic (exact) mass is 599 g/mol. The maximum atomic E-state index is 6.38. The van der Waals surface area contributed by atoms with Crippen molar-refractivity contribution in [3.8, 4) is 0 Å². The normalized spacial score (nSPS) is 16.6. The third kappa shape index (κ3) is 7.60. The Balaban J connectivity index is 0.00000185. The molecule has 214 valence electrons. The lowest BCUT2D eigenvalue weighted by Gasteiger charge is -2.32. The van der Waals surface area contributed by atoms with Crippen LogP contribution < -0.4 is 0 Å². The molecule has 0 N–H and O–H groups in total. The number of hydrogen-bond donors (Lipinski definition) is 0. The zero-order valence-corrected chi connectivity index (χ0v) is 25.5. The first kappa shape index (κ1) is 30.9. The van der Waals surface area contributed by atoms with Gasteiger partial charge in [-0.05, 0) is 111 Å². The summed E-state index contributed by atoms with van der Waals surface area (Å²) in [5.41, 5.74) is 7.60. The van der Waals surface area contributed by atoms with Gasteiger partial charge >= 0.3 is 0 Å². The summed E-state index contributed by atoms with van der Waals surface area (Å²) in [5, 5.41) is 6.62. The summed E-state index contributed by atoms with van der Waals surface area (Å²) in [6.07, 6.45) is 8.28. The molecule has 1 fully saturated rings. The molecule has 0 unspecified atom stereocenters. The van der Waals surface area contributed by atoms with Crippen molar-refractivity contribution in [1.29, 1.82) is 0 Å². The van der Waals surface area contributed by atoms with Crippen molar-refractivity contribution in [3.05, 3.63) is 99.7 Å². The lowest BCUT2D eigenvalue weighted by molar-refractivity contribution is 0.171. The van der Waals surface area contributed by atoms with Crippen LogP contribution in [0.5, 0.6) is 0 Å². The Morgan fingerprint density at radius 2 is 1.62 bits per heavy atom. The van der Waals surface area contributed by atoms with Crippen LogP contribution in [0.4, 0.5) is 0 Å². The number of aromatic nitrogens is 1. The lowest BCUT2D eigenvalue weighted by atomic mass is 9.90. The third-order valence-corrected chi connectivity index (χ3v) is 8.88. The van der Waals surface area contributed by atoms with Crippen LogP contribution in [-0.4, -0.2) is 34.6 Å². The summed E-state index contributed by atoms with van der Waals surface area (Å²) in [6.45, 7) is 6.42. The summed E-state index contributed by atoms with van der Waals surface area (Å²) >= 11 is 6.38. The van der Waals surface area contributed by atoms with Gasteiger partial charge in [-0.3, -0.25) is 9.80 Å². The van der Waals surface area contributed by atoms with E-state index >= 15 is 0 Å². The molecule has 0 bridgehead atoms. The maximum Gasteiger partial charge on any atom is 0.167 e. The van der Waals surface area contributed by atoms with Crippen LogP contribution in [0.15, 0.2) is 71.3 Å². The van der Waals surface area contributed by atoms with Gasteiger partial charge in [0, 0.05) is 30.0 Å². The zero-order valence-electron chi connectivity index (χ0n) is 23.1. The molecule has 0 aliphatic carbocycles. The fourth-order valence-corrected chi connectivity index (χ4v) is 6.53. The Kier molecular flexibility index (Phi) is 11.3. The van der Waals surface area contributed by atoms with Gasteiger partial charge in [-0.1, -0.05) is 65.3 Å². The predicted molar refractivity (Wildman–Crippen MR) is 170 cm³/mol. The van der Waals surface area contributed by atoms with Gasteiger partial charge in [0.2, 0.25) is 0 Å². The van der Waals surface area contributed by atoms with Gasteiger partial charge in [0.25, 0.3) is 0 Å². The maximum absolute atomic E-state index is 6.38. The molecule has 6 rings (SSSR count). The number of fused-ring (bicyclic) bond motifs is 2. The highest BCUT2D eigenvalue weighted by atomic mass is 35.5. The molecule has 2 aliphatic rings. The van der Waals surface area contributed by atoms with Crippen LogP contribution >= 0.6 is 36.4 Å². The first-order valence-electron chi connectivity index (χ1n) is 14.3. The lowest BCUT2D eigenvalue weighted by Crippen LogP contribution is -2.33. The molecule has 1 saturated heterocycles. The van der Waals surface area contributed by atoms with E-state index in [9.17, 15) is 0 Å². The largest absolute Gasteiger partial charge is 0.356 e. The molecule has 4 aromatic rings. The standard InChI is InChI=1S/C33H38ClN3O.2ClH/c34-31-13-5-4-11-28(31)23-36-18-15-25(16-19-36)10-6-14-32-30-20-29-24-37(22-26-8-2-1-3-9-26)17-7-12-27(29)21-33(30)38-35-32;;/h1-5,8-9,11,13,20-21,25H,6-7,10,12,14-19,22-24H2;2*1H. The number of likely N-dealkylation sites (tertiary alicyclic amines) is 1. The van der Waals surface area contributed by atoms with Crippen LogP contribution in [0.25, 0.3) is 11.0 Å². The minimum Gasteiger partial charge on any atom is -0.356 e. The summed E-state index contributed by atoms with van der Waals surface area (Å²) in [5.74, 6) is 0.804. The molecule has 3 heterocycles. The minimum absolute atomic E-state index is 0. The van der Waals surface area contributed by atoms with Gasteiger partial charge in [-0.2, -0.15) is 0 Å². The summed E-state index contributed by atoms with van der Waals surface area (Å²) < 4.78 is 5.82. The highest BCUT2D eigenvalue weighted by Gasteiger charge is 2.21. The van der Waals surface area contributed by atoms with E-state index in [1.54, 1.807) is 0 Å². The summed E-state index contributed by atoms with van der Waals surface area (Å²) in [4.78, 5) is 5.13. The molecule has 1 aromatic heterocycles. The predicted octanol–water partition coefficient (Wildman–Crippen LogP) is 8.51. The zero-order chi connectivity index (χ0) is 25.7. The van der Waals surface area contributed by atoms with Crippen LogP contribution in [0.3, 0.4) is 0 Å². The van der Waals surface area contributed by atoms with Crippen molar-refractivity contribution in [1.82, 2.24) is 15.0 Å². The van der Waals surface area contributed by atoms with E-state index in [1.807, 2.05) is 12.1 Å². The second kappa shape index (κ2) is 14.7. The molecule has 40 heavy (non-hydrogen) atoms. The van der Waals surface area contributed by atoms with E-state index in [1.165, 1.54) is 59.7 Å². The van der Waals surface area contributed by atoms with Crippen molar-refractivity contribution in [2.24, 2.45) is 5.92 Å². The molecule has 0 spiro atoms. The second-order valence-electron chi connectivity index (χ2n) is 11.2. The van der Waals surface area contributed by atoms with Crippen LogP contribution in [0.2, 0.25) is 5.02 Å². The molecule has 2 aliphatic heterocycles. The van der Waals surface area contributed by atoms with Gasteiger partial charge in [0.1, 0.15) is 0 Å². The number of nitrogens with zero attached hydrogens (tertiary/aromatic N) is 3. The number of aryl methyl sites for hydroxylation is 2. The average Bonchev–Trinajstić information content (AvgIpc) is 3.21. The Bertz CT molecular complexity index is 1350. The summed E-state index contributed by atoms with van der Waals surface area (Å²) in [6, 6.07) is 23.7. The topological polar surface area (TPSA) is 32.5 Å².